The van der Waals surface area contributed by atoms with Gasteiger partial charge in [0, 0.05) is 0 Å². The van der Waals surface area contributed by atoms with Crippen LogP contribution in [-0.2, 0) is 0 Å². The predicted molar refractivity (Wildman–Crippen MR) is 57.3 cm³/mol. The molecule has 0 bridgehead atoms. The number of aliphatic hydroxyl groups excluding tert-OH is 1. The van der Waals surface area contributed by atoms with Crippen LogP contribution in [0.3, 0.4) is 0 Å². The lowest BCUT2D eigenvalue weighted by Crippen LogP contribution is -1.69. The molecule has 1 N–H and O–H groups in total. The smallest absolute Gasteiger partial charge is 0.166 e. The first kappa shape index (κ1) is 11.6. The zero-order valence-corrected chi connectivity index (χ0v) is 8.03. The van der Waals surface area contributed by atoms with Crippen molar-refractivity contribution in [3.05, 3.63) is 36.1 Å². The lowest BCUT2D eigenvalue weighted by Gasteiger charge is -1.85. The Morgan fingerprint density at radius 2 is 2.15 bits per heavy atom. The molecule has 0 aromatic heterocycles. The summed E-state index contributed by atoms with van der Waals surface area (Å²) < 4.78 is 0. The van der Waals surface area contributed by atoms with Gasteiger partial charge in [-0.25, -0.2) is 0 Å². The van der Waals surface area contributed by atoms with E-state index < -0.39 is 0 Å². The molecule has 1 nitrogen and oxygen atoms in total. The molecule has 70 valence electrons. The van der Waals surface area contributed by atoms with Crippen LogP contribution in [0.4, 0.5) is 0 Å². The Morgan fingerprint density at radius 1 is 1.38 bits per heavy atom. The maximum atomic E-state index is 8.85. The first-order valence-electron chi connectivity index (χ1n) is 4.50. The highest BCUT2D eigenvalue weighted by molar-refractivity contribution is 5.23. The van der Waals surface area contributed by atoms with E-state index in [-0.39, 0.29) is 5.76 Å². The monoisotopic (exact) mass is 176 g/mol. The first-order valence-corrected chi connectivity index (χ1v) is 4.50. The summed E-state index contributed by atoms with van der Waals surface area (Å²) in [5.41, 5.74) is 0. The number of aliphatic hydroxyl groups is 1. The molecule has 0 spiro atoms. The van der Waals surface area contributed by atoms with Crippen molar-refractivity contribution in [2.75, 3.05) is 0 Å². The topological polar surface area (TPSA) is 20.2 Å². The second-order valence-electron chi connectivity index (χ2n) is 2.65. The highest BCUT2D eigenvalue weighted by Gasteiger charge is 1.77. The van der Waals surface area contributed by atoms with Crippen molar-refractivity contribution < 1.29 is 5.11 Å². The minimum absolute atomic E-state index is 0.0433. The van der Waals surface area contributed by atoms with Crippen LogP contribution in [0.5, 0.6) is 0 Å². The molecule has 0 amide bonds. The zero-order valence-electron chi connectivity index (χ0n) is 8.03. The summed E-state index contributed by atoms with van der Waals surface area (Å²) >= 11 is 0. The molecule has 0 saturated heterocycles. The van der Waals surface area contributed by atoms with Crippen LogP contribution in [0.2, 0.25) is 0 Å². The van der Waals surface area contributed by atoms with Gasteiger partial charge in [-0.15, -0.1) is 6.42 Å². The molecule has 0 radical (unpaired) electrons. The number of allylic oxidation sites excluding steroid dienone is 6. The van der Waals surface area contributed by atoms with E-state index in [0.717, 1.165) is 6.42 Å². The van der Waals surface area contributed by atoms with Crippen LogP contribution < -0.4 is 0 Å². The standard InChI is InChI=1S/C12H16O/c1-3-5-6-7-8-9-10-11-12(13)4-2/h2,7-11,13H,3,5-6H2,1H3/b8-7+,10-9+,12-11-. The zero-order chi connectivity index (χ0) is 9.94. The normalized spacial score (nSPS) is 12.5. The van der Waals surface area contributed by atoms with E-state index in [1.807, 2.05) is 12.2 Å². The van der Waals surface area contributed by atoms with Crippen LogP contribution in [0.25, 0.3) is 0 Å². The van der Waals surface area contributed by atoms with Gasteiger partial charge in [-0.1, -0.05) is 44.1 Å². The van der Waals surface area contributed by atoms with Gasteiger partial charge in [0.05, 0.1) is 0 Å². The summed E-state index contributed by atoms with van der Waals surface area (Å²) in [5, 5.41) is 8.85. The summed E-state index contributed by atoms with van der Waals surface area (Å²) in [6.07, 6.45) is 17.6. The molecule has 0 unspecified atom stereocenters. The molecule has 0 aromatic carbocycles. The molecule has 0 aliphatic heterocycles. The Morgan fingerprint density at radius 3 is 2.77 bits per heavy atom. The second kappa shape index (κ2) is 8.67. The van der Waals surface area contributed by atoms with Gasteiger partial charge < -0.3 is 5.11 Å². The number of rotatable bonds is 5. The fraction of sp³-hybridized carbons (Fsp3) is 0.333. The third kappa shape index (κ3) is 8.49. The van der Waals surface area contributed by atoms with Gasteiger partial charge in [-0.3, -0.25) is 0 Å². The Hall–Kier alpha value is -1.42. The van der Waals surface area contributed by atoms with Gasteiger partial charge in [0.1, 0.15) is 0 Å². The molecule has 0 atom stereocenters. The van der Waals surface area contributed by atoms with Gasteiger partial charge in [0.2, 0.25) is 0 Å². The Bertz CT molecular complexity index is 238. The lowest BCUT2D eigenvalue weighted by atomic mass is 10.2. The molecular formula is C12H16O. The summed E-state index contributed by atoms with van der Waals surface area (Å²) in [4.78, 5) is 0. The average molecular weight is 176 g/mol. The maximum Gasteiger partial charge on any atom is 0.166 e. The Kier molecular flexibility index (Phi) is 7.73. The predicted octanol–water partition coefficient (Wildman–Crippen LogP) is 3.36. The summed E-state index contributed by atoms with van der Waals surface area (Å²) in [6, 6.07) is 0. The van der Waals surface area contributed by atoms with Gasteiger partial charge >= 0.3 is 0 Å². The fourth-order valence-corrected chi connectivity index (χ4v) is 0.756. The highest BCUT2D eigenvalue weighted by atomic mass is 16.3. The van der Waals surface area contributed by atoms with Crippen molar-refractivity contribution in [3.63, 3.8) is 0 Å². The number of terminal acetylenes is 1. The molecule has 0 saturated carbocycles. The minimum atomic E-state index is -0.0433. The van der Waals surface area contributed by atoms with E-state index in [1.165, 1.54) is 18.9 Å². The number of unbranched alkanes of at least 4 members (excludes halogenated alkanes) is 2. The van der Waals surface area contributed by atoms with Gasteiger partial charge in [0.15, 0.2) is 5.76 Å². The highest BCUT2D eigenvalue weighted by Crippen LogP contribution is 1.95. The Labute approximate surface area is 80.5 Å². The van der Waals surface area contributed by atoms with Crippen LogP contribution in [0.15, 0.2) is 36.1 Å². The van der Waals surface area contributed by atoms with Crippen molar-refractivity contribution in [1.29, 1.82) is 0 Å². The summed E-state index contributed by atoms with van der Waals surface area (Å²) in [7, 11) is 0. The lowest BCUT2D eigenvalue weighted by molar-refractivity contribution is 0.439. The Balaban J connectivity index is 3.64. The van der Waals surface area contributed by atoms with E-state index >= 15 is 0 Å². The maximum absolute atomic E-state index is 8.85. The minimum Gasteiger partial charge on any atom is -0.501 e. The SMILES string of the molecule is C#C/C(O)=C/C=C/C=C/CCCC. The van der Waals surface area contributed by atoms with E-state index in [1.54, 1.807) is 6.08 Å². The quantitative estimate of drug-likeness (QED) is 0.295. The van der Waals surface area contributed by atoms with E-state index in [0.29, 0.717) is 0 Å². The second-order valence-corrected chi connectivity index (χ2v) is 2.65. The molecule has 0 aliphatic carbocycles. The van der Waals surface area contributed by atoms with Crippen molar-refractivity contribution in [3.8, 4) is 12.3 Å². The van der Waals surface area contributed by atoms with Crippen molar-refractivity contribution in [1.82, 2.24) is 0 Å². The summed E-state index contributed by atoms with van der Waals surface area (Å²) in [5.74, 6) is 2.07. The third-order valence-corrected chi connectivity index (χ3v) is 1.48. The van der Waals surface area contributed by atoms with Crippen LogP contribution in [0.1, 0.15) is 26.2 Å². The third-order valence-electron chi connectivity index (χ3n) is 1.48. The van der Waals surface area contributed by atoms with Crippen molar-refractivity contribution >= 4 is 0 Å². The largest absolute Gasteiger partial charge is 0.501 e. The first-order chi connectivity index (χ1) is 6.31. The van der Waals surface area contributed by atoms with Crippen molar-refractivity contribution in [2.45, 2.75) is 26.2 Å². The van der Waals surface area contributed by atoms with E-state index in [4.69, 9.17) is 11.5 Å². The molecule has 0 aromatic rings. The van der Waals surface area contributed by atoms with Crippen molar-refractivity contribution in [2.24, 2.45) is 0 Å². The molecule has 0 fully saturated rings. The number of hydrogen-bond acceptors (Lipinski definition) is 1. The number of hydrogen-bond donors (Lipinski definition) is 1. The average Bonchev–Trinajstić information content (AvgIpc) is 2.16. The van der Waals surface area contributed by atoms with Crippen LogP contribution >= 0.6 is 0 Å². The van der Waals surface area contributed by atoms with Gasteiger partial charge in [-0.2, -0.15) is 0 Å². The molecule has 13 heavy (non-hydrogen) atoms. The molecular weight excluding hydrogens is 160 g/mol. The van der Waals surface area contributed by atoms with E-state index in [2.05, 4.69) is 18.9 Å². The van der Waals surface area contributed by atoms with E-state index in [9.17, 15) is 0 Å². The van der Waals surface area contributed by atoms with Gasteiger partial charge in [0.25, 0.3) is 0 Å². The fourth-order valence-electron chi connectivity index (χ4n) is 0.756. The van der Waals surface area contributed by atoms with Crippen LogP contribution in [0, 0.1) is 12.3 Å². The van der Waals surface area contributed by atoms with Crippen LogP contribution in [-0.4, -0.2) is 5.11 Å². The molecule has 0 aliphatic rings. The molecule has 1 heteroatoms. The molecule has 0 heterocycles. The summed E-state index contributed by atoms with van der Waals surface area (Å²) in [6.45, 7) is 2.16. The molecule has 0 rings (SSSR count). The van der Waals surface area contributed by atoms with Gasteiger partial charge in [-0.05, 0) is 18.4 Å².